The second-order valence-electron chi connectivity index (χ2n) is 14.7. The Morgan fingerprint density at radius 3 is 1.52 bits per heavy atom. The van der Waals surface area contributed by atoms with Gasteiger partial charge in [0.15, 0.2) is 23.8 Å². The SMILES string of the molecule is C#[N+]c1cc(C(Cl)(Cl)Cl)cnc1N(CCC(C)(C)C)C(O)C(=O)NC(C(=O)NC(N=C(N)N)C(=O)NC(N=C(N)N)C(=O)NC(N=C(N)N)C(=O)NC(N=C(N)N)C(N)=O)c1ccccc1. The van der Waals surface area contributed by atoms with Crippen LogP contribution in [-0.2, 0) is 32.6 Å². The van der Waals surface area contributed by atoms with E-state index in [9.17, 15) is 33.9 Å². The van der Waals surface area contributed by atoms with Gasteiger partial charge in [-0.25, -0.2) is 25.0 Å². The van der Waals surface area contributed by atoms with Crippen molar-refractivity contribution in [2.45, 2.75) is 67.9 Å². The summed E-state index contributed by atoms with van der Waals surface area (Å²) in [7, 11) is 0. The third-order valence-electron chi connectivity index (χ3n) is 8.14. The molecule has 28 nitrogen and oxygen atoms in total. The van der Waals surface area contributed by atoms with Gasteiger partial charge in [-0.05, 0) is 22.2 Å². The number of primary amides is 1. The number of aromatic nitrogens is 1. The molecular weight excluding hydrogens is 933 g/mol. The number of rotatable bonds is 20. The molecule has 0 spiro atoms. The van der Waals surface area contributed by atoms with Crippen molar-refractivity contribution >= 4 is 106 Å². The van der Waals surface area contributed by atoms with Crippen LogP contribution in [-0.4, -0.2) is 107 Å². The van der Waals surface area contributed by atoms with Crippen LogP contribution in [0, 0.1) is 12.0 Å². The Labute approximate surface area is 391 Å². The average Bonchev–Trinajstić information content (AvgIpc) is 3.20. The van der Waals surface area contributed by atoms with Gasteiger partial charge < -0.3 is 88.2 Å². The Morgan fingerprint density at radius 2 is 1.12 bits per heavy atom. The summed E-state index contributed by atoms with van der Waals surface area (Å²) in [6.07, 6.45) is -8.77. The maximum Gasteiger partial charge on any atom is 0.382 e. The average molecular weight is 984 g/mol. The number of amides is 6. The second-order valence-corrected chi connectivity index (χ2v) is 17.0. The van der Waals surface area contributed by atoms with Crippen LogP contribution < -0.4 is 83.1 Å². The van der Waals surface area contributed by atoms with Crippen LogP contribution in [0.2, 0.25) is 0 Å². The highest BCUT2D eigenvalue weighted by Crippen LogP contribution is 2.41. The van der Waals surface area contributed by atoms with Gasteiger partial charge in [-0.15, -0.1) is 0 Å². The number of halogens is 3. The zero-order valence-electron chi connectivity index (χ0n) is 35.4. The number of aliphatic hydroxyl groups is 1. The number of hydrogen-bond acceptors (Lipinski definition) is 13. The number of nitrogens with zero attached hydrogens (tertiary/aromatic N) is 7. The number of hydrogen-bond donors (Lipinski definition) is 15. The number of anilines is 1. The molecule has 0 aliphatic carbocycles. The van der Waals surface area contributed by atoms with E-state index in [1.165, 1.54) is 36.5 Å². The van der Waals surface area contributed by atoms with Gasteiger partial charge in [0.05, 0.1) is 0 Å². The molecule has 6 unspecified atom stereocenters. The topological polar surface area (TPSA) is 487 Å². The van der Waals surface area contributed by atoms with E-state index < -0.39 is 100 Å². The predicted octanol–water partition coefficient (Wildman–Crippen LogP) is -4.73. The first-order chi connectivity index (χ1) is 30.5. The highest BCUT2D eigenvalue weighted by atomic mass is 35.6. The molecule has 0 radical (unpaired) electrons. The lowest BCUT2D eigenvalue weighted by molar-refractivity contribution is -0.136. The number of benzene rings is 1. The van der Waals surface area contributed by atoms with Crippen molar-refractivity contribution in [2.75, 3.05) is 11.4 Å². The number of alkyl halides is 3. The van der Waals surface area contributed by atoms with Crippen LogP contribution in [0.25, 0.3) is 4.85 Å². The Bertz CT molecular complexity index is 2260. The fourth-order valence-corrected chi connectivity index (χ4v) is 5.42. The summed E-state index contributed by atoms with van der Waals surface area (Å²) < 4.78 is -1.94. The molecular formula is C35H51Cl3N21O7+. The Balaban J connectivity index is 2.54. The summed E-state index contributed by atoms with van der Waals surface area (Å²) in [6, 6.07) is 7.07. The zero-order chi connectivity index (χ0) is 50.3. The highest BCUT2D eigenvalue weighted by molar-refractivity contribution is 6.66. The molecule has 66 heavy (non-hydrogen) atoms. The molecule has 6 atom stereocenters. The van der Waals surface area contributed by atoms with Crippen molar-refractivity contribution in [3.8, 4) is 6.57 Å². The summed E-state index contributed by atoms with van der Waals surface area (Å²) in [6.45, 7) is 11.3. The standard InChI is InChI=1S/C35H50Cl3N21O7/c1-34(2,3)10-11-59(23-16(48-4)12-15(13-49-23)35(36,37)38)29(66)28(65)50-17(14-8-6-5-7-9-14)24(61)52-20(56-31(42)43)26(63)54-22(58-33(46)47)27(64)53-21(57-32(44)45)25(62)51-19(18(39)60)55-30(40)41/h4-9,12-13,17,19-22,29,66H,10-11H2,1-3H3,(H22-,39,40,41,42,43,44,45,46,47,50,51,52,53,54,55,56,57,58,60,61,62,63,64,65)/p+1. The second kappa shape index (κ2) is 23.9. The van der Waals surface area contributed by atoms with Crippen molar-refractivity contribution in [1.29, 1.82) is 0 Å². The third kappa shape index (κ3) is 17.5. The molecule has 24 N–H and O–H groups in total. The smallest absolute Gasteiger partial charge is 0.370 e. The lowest BCUT2D eigenvalue weighted by atomic mass is 9.92. The van der Waals surface area contributed by atoms with Crippen molar-refractivity contribution in [2.24, 2.45) is 77.0 Å². The van der Waals surface area contributed by atoms with E-state index in [1.54, 1.807) is 6.07 Å². The van der Waals surface area contributed by atoms with E-state index in [2.05, 4.69) is 45.7 Å². The van der Waals surface area contributed by atoms with Crippen molar-refractivity contribution in [1.82, 2.24) is 31.6 Å². The maximum absolute atomic E-state index is 14.1. The molecule has 0 saturated heterocycles. The minimum Gasteiger partial charge on any atom is -0.370 e. The van der Waals surface area contributed by atoms with Crippen LogP contribution in [0.1, 0.15) is 44.4 Å². The number of guanidine groups is 4. The molecule has 2 aromatic rings. The Morgan fingerprint density at radius 1 is 0.697 bits per heavy atom. The van der Waals surface area contributed by atoms with E-state index in [1.807, 2.05) is 31.4 Å². The molecule has 0 aliphatic heterocycles. The largest absolute Gasteiger partial charge is 0.382 e. The minimum atomic E-state index is -2.16. The van der Waals surface area contributed by atoms with Gasteiger partial charge >= 0.3 is 5.69 Å². The highest BCUT2D eigenvalue weighted by Gasteiger charge is 2.37. The molecule has 0 saturated carbocycles. The molecule has 31 heteroatoms. The van der Waals surface area contributed by atoms with E-state index in [-0.39, 0.29) is 34.6 Å². The molecule has 6 amide bonds. The molecule has 358 valence electrons. The van der Waals surface area contributed by atoms with E-state index >= 15 is 0 Å². The summed E-state index contributed by atoms with van der Waals surface area (Å²) >= 11 is 18.1. The summed E-state index contributed by atoms with van der Waals surface area (Å²) in [5.74, 6) is -10.7. The van der Waals surface area contributed by atoms with Crippen LogP contribution in [0.15, 0.2) is 62.6 Å². The Kier molecular flexibility index (Phi) is 19.7. The minimum absolute atomic E-state index is 0.0244. The van der Waals surface area contributed by atoms with Gasteiger partial charge in [-0.1, -0.05) is 85.9 Å². The predicted molar refractivity (Wildman–Crippen MR) is 246 cm³/mol. The van der Waals surface area contributed by atoms with Crippen LogP contribution in [0.4, 0.5) is 11.5 Å². The summed E-state index contributed by atoms with van der Waals surface area (Å²) in [5, 5.41) is 22.4. The van der Waals surface area contributed by atoms with Gasteiger partial charge in [0.2, 0.25) is 46.4 Å². The first-order valence-corrected chi connectivity index (χ1v) is 19.8. The van der Waals surface area contributed by atoms with Crippen molar-refractivity contribution in [3.63, 3.8) is 0 Å². The molecule has 0 bridgehead atoms. The van der Waals surface area contributed by atoms with Gasteiger partial charge in [0, 0.05) is 24.4 Å². The van der Waals surface area contributed by atoms with E-state index in [0.29, 0.717) is 6.42 Å². The number of nitrogens with one attached hydrogen (secondary N) is 5. The molecule has 2 rings (SSSR count). The number of pyridine rings is 1. The zero-order valence-corrected chi connectivity index (χ0v) is 37.6. The Hall–Kier alpha value is -7.61. The fraction of sp³-hybridized carbons (Fsp3) is 0.371. The van der Waals surface area contributed by atoms with Gasteiger partial charge in [-0.3, -0.25) is 28.8 Å². The van der Waals surface area contributed by atoms with Gasteiger partial charge in [0.1, 0.15) is 6.04 Å². The maximum atomic E-state index is 14.1. The molecule has 1 heterocycles. The number of aliphatic imine (C=N–C) groups is 4. The molecule has 1 aromatic carbocycles. The molecule has 0 fully saturated rings. The first-order valence-electron chi connectivity index (χ1n) is 18.7. The van der Waals surface area contributed by atoms with Gasteiger partial charge in [-0.2, -0.15) is 0 Å². The lowest BCUT2D eigenvalue weighted by Crippen LogP contribution is -2.58. The van der Waals surface area contributed by atoms with Crippen LogP contribution in [0.3, 0.4) is 0 Å². The number of carbonyl (C=O) groups is 6. The summed E-state index contributed by atoms with van der Waals surface area (Å²) in [5.41, 5.74) is 48.5. The van der Waals surface area contributed by atoms with E-state index in [0.717, 1.165) is 4.90 Å². The van der Waals surface area contributed by atoms with Gasteiger partial charge in [0.25, 0.3) is 36.1 Å². The molecule has 1 aromatic heterocycles. The first kappa shape index (κ1) is 54.5. The van der Waals surface area contributed by atoms with Crippen LogP contribution >= 0.6 is 34.8 Å². The quantitative estimate of drug-likeness (QED) is 0.0256. The molecule has 0 aliphatic rings. The lowest BCUT2D eigenvalue weighted by Gasteiger charge is -2.31. The van der Waals surface area contributed by atoms with Crippen LogP contribution in [0.5, 0.6) is 0 Å². The van der Waals surface area contributed by atoms with Crippen molar-refractivity contribution < 1.29 is 33.9 Å². The van der Waals surface area contributed by atoms with E-state index in [4.69, 9.17) is 93.0 Å². The number of nitrogens with two attached hydrogens (primary N) is 9. The number of carbonyl (C=O) groups excluding carboxylic acids is 6. The number of aliphatic hydroxyl groups excluding tert-OH is 1. The third-order valence-corrected chi connectivity index (χ3v) is 8.80. The fourth-order valence-electron chi connectivity index (χ4n) is 5.11. The normalized spacial score (nSPS) is 13.7. The monoisotopic (exact) mass is 982 g/mol. The summed E-state index contributed by atoms with van der Waals surface area (Å²) in [4.78, 5) is 104. The van der Waals surface area contributed by atoms with Crippen molar-refractivity contribution in [3.05, 3.63) is 58.6 Å².